The number of hydrogen-bond acceptors (Lipinski definition) is 2. The summed E-state index contributed by atoms with van der Waals surface area (Å²) >= 11 is 9.53. The summed E-state index contributed by atoms with van der Waals surface area (Å²) in [6.45, 7) is 0. The lowest BCUT2D eigenvalue weighted by Gasteiger charge is -2.38. The highest BCUT2D eigenvalue weighted by atomic mass is 79.9. The molecule has 0 spiro atoms. The van der Waals surface area contributed by atoms with Gasteiger partial charge < -0.3 is 5.32 Å². The molecule has 1 N–H and O–H groups in total. The summed E-state index contributed by atoms with van der Waals surface area (Å²) in [6, 6.07) is 22.8. The Kier molecular flexibility index (Phi) is 4.24. The van der Waals surface area contributed by atoms with Gasteiger partial charge in [-0.05, 0) is 54.1 Å². The smallest absolute Gasteiger partial charge is 0.262 e. The molecule has 1 amide bonds. The molecular weight excluding hydrogens is 400 g/mol. The van der Waals surface area contributed by atoms with Gasteiger partial charge in [0, 0.05) is 20.9 Å². The summed E-state index contributed by atoms with van der Waals surface area (Å²) in [4.78, 5) is 15.0. The standard InChI is InChI=1S/C20H14BrClN2O/c21-14-5-3-4-13(12-14)19-23-18-7-2-1-6-17(18)20(25)24(19)16-10-8-15(22)9-11-16/h1-12,19,23H. The van der Waals surface area contributed by atoms with Crippen LogP contribution in [-0.2, 0) is 0 Å². The molecule has 0 radical (unpaired) electrons. The van der Waals surface area contributed by atoms with E-state index in [1.54, 1.807) is 17.0 Å². The topological polar surface area (TPSA) is 32.3 Å². The lowest BCUT2D eigenvalue weighted by Crippen LogP contribution is -2.43. The number of benzene rings is 3. The number of nitrogens with one attached hydrogen (secondary N) is 1. The summed E-state index contributed by atoms with van der Waals surface area (Å²) in [5.41, 5.74) is 3.28. The number of para-hydroxylation sites is 1. The quantitative estimate of drug-likeness (QED) is 0.569. The Labute approximate surface area is 159 Å². The van der Waals surface area contributed by atoms with Gasteiger partial charge in [-0.3, -0.25) is 9.69 Å². The molecule has 0 bridgehead atoms. The fraction of sp³-hybridized carbons (Fsp3) is 0.0500. The molecule has 0 aliphatic carbocycles. The molecule has 1 atom stereocenters. The van der Waals surface area contributed by atoms with Crippen molar-refractivity contribution in [2.75, 3.05) is 10.2 Å². The summed E-state index contributed by atoms with van der Waals surface area (Å²) < 4.78 is 0.967. The SMILES string of the molecule is O=C1c2ccccc2NC(c2cccc(Br)c2)N1c1ccc(Cl)cc1. The van der Waals surface area contributed by atoms with Crippen LogP contribution in [0.5, 0.6) is 0 Å². The molecule has 1 heterocycles. The third-order valence-electron chi connectivity index (χ3n) is 4.20. The van der Waals surface area contributed by atoms with Crippen molar-refractivity contribution in [3.05, 3.63) is 93.4 Å². The first-order chi connectivity index (χ1) is 12.1. The molecule has 1 aliphatic heterocycles. The molecule has 0 aromatic heterocycles. The van der Waals surface area contributed by atoms with E-state index in [9.17, 15) is 4.79 Å². The summed E-state index contributed by atoms with van der Waals surface area (Å²) in [6.07, 6.45) is -0.305. The number of anilines is 2. The van der Waals surface area contributed by atoms with E-state index < -0.39 is 0 Å². The molecular formula is C20H14BrClN2O. The fourth-order valence-electron chi connectivity index (χ4n) is 3.03. The second-order valence-electron chi connectivity index (χ2n) is 5.80. The first-order valence-corrected chi connectivity index (χ1v) is 9.01. The van der Waals surface area contributed by atoms with Crippen molar-refractivity contribution in [3.8, 4) is 0 Å². The minimum atomic E-state index is -0.305. The van der Waals surface area contributed by atoms with E-state index in [-0.39, 0.29) is 12.1 Å². The largest absolute Gasteiger partial charge is 0.360 e. The molecule has 0 saturated carbocycles. The van der Waals surface area contributed by atoms with Crippen LogP contribution in [0.15, 0.2) is 77.3 Å². The van der Waals surface area contributed by atoms with Gasteiger partial charge in [-0.2, -0.15) is 0 Å². The van der Waals surface area contributed by atoms with Crippen LogP contribution in [0.1, 0.15) is 22.1 Å². The average Bonchev–Trinajstić information content (AvgIpc) is 2.63. The number of hydrogen-bond donors (Lipinski definition) is 1. The zero-order valence-electron chi connectivity index (χ0n) is 13.1. The highest BCUT2D eigenvalue weighted by molar-refractivity contribution is 9.10. The first kappa shape index (κ1) is 16.2. The molecule has 3 aromatic rings. The summed E-state index contributed by atoms with van der Waals surface area (Å²) in [7, 11) is 0. The van der Waals surface area contributed by atoms with Crippen molar-refractivity contribution in [2.45, 2.75) is 6.17 Å². The van der Waals surface area contributed by atoms with Gasteiger partial charge in [0.25, 0.3) is 5.91 Å². The van der Waals surface area contributed by atoms with Gasteiger partial charge in [0.05, 0.1) is 5.56 Å². The van der Waals surface area contributed by atoms with Crippen molar-refractivity contribution in [3.63, 3.8) is 0 Å². The van der Waals surface area contributed by atoms with E-state index in [4.69, 9.17) is 11.6 Å². The predicted octanol–water partition coefficient (Wildman–Crippen LogP) is 5.87. The van der Waals surface area contributed by atoms with Gasteiger partial charge in [-0.25, -0.2) is 0 Å². The van der Waals surface area contributed by atoms with Crippen molar-refractivity contribution < 1.29 is 4.79 Å². The number of rotatable bonds is 2. The van der Waals surface area contributed by atoms with Crippen molar-refractivity contribution in [1.29, 1.82) is 0 Å². The maximum atomic E-state index is 13.2. The lowest BCUT2D eigenvalue weighted by atomic mass is 10.0. The number of halogens is 2. The molecule has 0 saturated heterocycles. The van der Waals surface area contributed by atoms with Crippen molar-refractivity contribution >= 4 is 44.8 Å². The van der Waals surface area contributed by atoms with Crippen molar-refractivity contribution in [1.82, 2.24) is 0 Å². The van der Waals surface area contributed by atoms with Gasteiger partial charge in [0.15, 0.2) is 0 Å². The minimum absolute atomic E-state index is 0.0401. The van der Waals surface area contributed by atoms with E-state index in [1.165, 1.54) is 0 Å². The Morgan fingerprint density at radius 1 is 0.960 bits per heavy atom. The zero-order valence-corrected chi connectivity index (χ0v) is 15.5. The van der Waals surface area contributed by atoms with Gasteiger partial charge in [0.2, 0.25) is 0 Å². The van der Waals surface area contributed by atoms with Crippen LogP contribution in [0.25, 0.3) is 0 Å². The van der Waals surface area contributed by atoms with Crippen LogP contribution in [0.3, 0.4) is 0 Å². The fourth-order valence-corrected chi connectivity index (χ4v) is 3.57. The van der Waals surface area contributed by atoms with E-state index in [0.717, 1.165) is 21.4 Å². The van der Waals surface area contributed by atoms with E-state index in [2.05, 4.69) is 21.2 Å². The second kappa shape index (κ2) is 6.54. The number of nitrogens with zero attached hydrogens (tertiary/aromatic N) is 1. The van der Waals surface area contributed by atoms with Crippen LogP contribution in [0, 0.1) is 0 Å². The van der Waals surface area contributed by atoms with E-state index in [1.807, 2.05) is 60.7 Å². The van der Waals surface area contributed by atoms with Gasteiger partial charge >= 0.3 is 0 Å². The number of carbonyl (C=O) groups excluding carboxylic acids is 1. The molecule has 124 valence electrons. The minimum Gasteiger partial charge on any atom is -0.360 e. The van der Waals surface area contributed by atoms with Crippen LogP contribution in [0.4, 0.5) is 11.4 Å². The molecule has 5 heteroatoms. The van der Waals surface area contributed by atoms with Crippen LogP contribution < -0.4 is 10.2 Å². The van der Waals surface area contributed by atoms with E-state index >= 15 is 0 Å². The Hall–Kier alpha value is -2.30. The Morgan fingerprint density at radius 2 is 1.72 bits per heavy atom. The maximum Gasteiger partial charge on any atom is 0.262 e. The first-order valence-electron chi connectivity index (χ1n) is 7.83. The van der Waals surface area contributed by atoms with Crippen LogP contribution >= 0.6 is 27.5 Å². The van der Waals surface area contributed by atoms with Crippen LogP contribution in [-0.4, -0.2) is 5.91 Å². The lowest BCUT2D eigenvalue weighted by molar-refractivity contribution is 0.0975. The zero-order chi connectivity index (χ0) is 17.4. The second-order valence-corrected chi connectivity index (χ2v) is 7.15. The normalized spacial score (nSPS) is 16.3. The Balaban J connectivity index is 1.87. The molecule has 3 nitrogen and oxygen atoms in total. The molecule has 1 aliphatic rings. The van der Waals surface area contributed by atoms with Gasteiger partial charge in [-0.15, -0.1) is 0 Å². The van der Waals surface area contributed by atoms with Crippen LogP contribution in [0.2, 0.25) is 5.02 Å². The molecule has 0 fully saturated rings. The maximum absolute atomic E-state index is 13.2. The highest BCUT2D eigenvalue weighted by Crippen LogP contribution is 2.37. The number of carbonyl (C=O) groups is 1. The number of fused-ring (bicyclic) bond motifs is 1. The Bertz CT molecular complexity index is 942. The summed E-state index contributed by atoms with van der Waals surface area (Å²) in [5, 5.41) is 4.12. The average molecular weight is 414 g/mol. The third-order valence-corrected chi connectivity index (χ3v) is 4.94. The van der Waals surface area contributed by atoms with Gasteiger partial charge in [0.1, 0.15) is 6.17 Å². The molecule has 25 heavy (non-hydrogen) atoms. The number of amides is 1. The summed E-state index contributed by atoms with van der Waals surface area (Å²) in [5.74, 6) is -0.0401. The molecule has 4 rings (SSSR count). The molecule has 1 unspecified atom stereocenters. The van der Waals surface area contributed by atoms with E-state index in [0.29, 0.717) is 10.6 Å². The monoisotopic (exact) mass is 412 g/mol. The Morgan fingerprint density at radius 3 is 2.48 bits per heavy atom. The van der Waals surface area contributed by atoms with Crippen molar-refractivity contribution in [2.24, 2.45) is 0 Å². The molecule has 3 aromatic carbocycles. The third kappa shape index (κ3) is 3.03. The van der Waals surface area contributed by atoms with Gasteiger partial charge in [-0.1, -0.05) is 51.8 Å². The predicted molar refractivity (Wildman–Crippen MR) is 105 cm³/mol. The highest BCUT2D eigenvalue weighted by Gasteiger charge is 2.33.